The number of likely N-dealkylation sites (N-methyl/N-ethyl adjacent to an activating group) is 1. The summed E-state index contributed by atoms with van der Waals surface area (Å²) in [5, 5.41) is 5.37. The summed E-state index contributed by atoms with van der Waals surface area (Å²) in [5.41, 5.74) is 4.84. The zero-order valence-corrected chi connectivity index (χ0v) is 12.1. The van der Waals surface area contributed by atoms with Gasteiger partial charge in [-0.15, -0.1) is 0 Å². The van der Waals surface area contributed by atoms with Gasteiger partial charge in [-0.25, -0.2) is 0 Å². The van der Waals surface area contributed by atoms with Gasteiger partial charge in [-0.1, -0.05) is 30.3 Å². The number of fused-ring (bicyclic) bond motifs is 1. The first kappa shape index (κ1) is 13.9. The first-order valence-electron chi connectivity index (χ1n) is 7.26. The zero-order valence-electron chi connectivity index (χ0n) is 12.1. The maximum absolute atomic E-state index is 11.8. The van der Waals surface area contributed by atoms with Gasteiger partial charge in [0.1, 0.15) is 17.9 Å². The molecule has 1 aliphatic rings. The third-order valence-corrected chi connectivity index (χ3v) is 4.35. The summed E-state index contributed by atoms with van der Waals surface area (Å²) in [6, 6.07) is 14.0. The average molecular weight is 284 g/mol. The van der Waals surface area contributed by atoms with E-state index in [0.29, 0.717) is 0 Å². The molecule has 4 heteroatoms. The van der Waals surface area contributed by atoms with Crippen LogP contribution in [0.4, 0.5) is 0 Å². The first-order valence-corrected chi connectivity index (χ1v) is 7.26. The average Bonchev–Trinajstić information content (AvgIpc) is 3.33. The lowest BCUT2D eigenvalue weighted by molar-refractivity contribution is -0.126. The van der Waals surface area contributed by atoms with Crippen molar-refractivity contribution in [3.8, 4) is 5.75 Å². The number of rotatable bonds is 6. The molecular formula is C17H20N2O2. The van der Waals surface area contributed by atoms with E-state index in [0.717, 1.165) is 24.0 Å². The van der Waals surface area contributed by atoms with E-state index in [-0.39, 0.29) is 18.4 Å². The maximum Gasteiger partial charge on any atom is 0.241 e. The molecule has 0 bridgehead atoms. The van der Waals surface area contributed by atoms with Crippen molar-refractivity contribution < 1.29 is 9.53 Å². The van der Waals surface area contributed by atoms with Gasteiger partial charge in [0.2, 0.25) is 5.91 Å². The molecule has 3 N–H and O–H groups in total. The smallest absolute Gasteiger partial charge is 0.241 e. The van der Waals surface area contributed by atoms with Crippen molar-refractivity contribution >= 4 is 16.7 Å². The molecule has 21 heavy (non-hydrogen) atoms. The Balaban J connectivity index is 1.79. The summed E-state index contributed by atoms with van der Waals surface area (Å²) >= 11 is 0. The van der Waals surface area contributed by atoms with Crippen LogP contribution >= 0.6 is 0 Å². The molecule has 0 saturated heterocycles. The van der Waals surface area contributed by atoms with Crippen molar-refractivity contribution in [2.24, 2.45) is 11.7 Å². The van der Waals surface area contributed by atoms with Gasteiger partial charge in [0.15, 0.2) is 0 Å². The van der Waals surface area contributed by atoms with E-state index < -0.39 is 5.54 Å². The molecule has 0 radical (unpaired) electrons. The Morgan fingerprint density at radius 3 is 2.62 bits per heavy atom. The van der Waals surface area contributed by atoms with Crippen LogP contribution < -0.4 is 15.8 Å². The number of nitrogens with one attached hydrogen (secondary N) is 1. The second-order valence-corrected chi connectivity index (χ2v) is 5.66. The van der Waals surface area contributed by atoms with Crippen molar-refractivity contribution in [3.63, 3.8) is 0 Å². The molecule has 1 saturated carbocycles. The van der Waals surface area contributed by atoms with Crippen LogP contribution in [0.3, 0.4) is 0 Å². The van der Waals surface area contributed by atoms with Crippen LogP contribution in [-0.2, 0) is 4.79 Å². The van der Waals surface area contributed by atoms with Gasteiger partial charge < -0.3 is 15.8 Å². The van der Waals surface area contributed by atoms with E-state index >= 15 is 0 Å². The monoisotopic (exact) mass is 284 g/mol. The standard InChI is InChI=1S/C17H20N2O2/c1-19-17(16(18)20,14-7-8-14)11-21-15-9-6-12-4-2-3-5-13(12)10-15/h2-6,9-10,14,19H,7-8,11H2,1H3,(H2,18,20). The Hall–Kier alpha value is -2.07. The van der Waals surface area contributed by atoms with Crippen molar-refractivity contribution in [2.75, 3.05) is 13.7 Å². The third-order valence-electron chi connectivity index (χ3n) is 4.35. The fourth-order valence-electron chi connectivity index (χ4n) is 2.82. The Morgan fingerprint density at radius 2 is 2.00 bits per heavy atom. The Morgan fingerprint density at radius 1 is 1.29 bits per heavy atom. The third kappa shape index (κ3) is 2.59. The summed E-state index contributed by atoms with van der Waals surface area (Å²) in [7, 11) is 1.77. The summed E-state index contributed by atoms with van der Waals surface area (Å²) in [4.78, 5) is 11.8. The van der Waals surface area contributed by atoms with Crippen molar-refractivity contribution in [1.29, 1.82) is 0 Å². The topological polar surface area (TPSA) is 64.3 Å². The second kappa shape index (κ2) is 5.37. The van der Waals surface area contributed by atoms with Gasteiger partial charge in [-0.05, 0) is 48.7 Å². The molecule has 1 atom stereocenters. The molecule has 1 fully saturated rings. The summed E-state index contributed by atoms with van der Waals surface area (Å²) in [5.74, 6) is 0.698. The van der Waals surface area contributed by atoms with Crippen molar-refractivity contribution in [2.45, 2.75) is 18.4 Å². The molecule has 1 unspecified atom stereocenters. The van der Waals surface area contributed by atoms with Crippen molar-refractivity contribution in [1.82, 2.24) is 5.32 Å². The highest BCUT2D eigenvalue weighted by Crippen LogP contribution is 2.40. The first-order chi connectivity index (χ1) is 10.2. The number of carbonyl (C=O) groups is 1. The maximum atomic E-state index is 11.8. The van der Waals surface area contributed by atoms with E-state index in [1.54, 1.807) is 7.05 Å². The van der Waals surface area contributed by atoms with Crippen LogP contribution in [0.2, 0.25) is 0 Å². The number of carbonyl (C=O) groups excluding carboxylic acids is 1. The molecule has 0 aromatic heterocycles. The van der Waals surface area contributed by atoms with E-state index in [4.69, 9.17) is 10.5 Å². The van der Waals surface area contributed by atoms with Crippen LogP contribution in [0.1, 0.15) is 12.8 Å². The molecule has 0 heterocycles. The lowest BCUT2D eigenvalue weighted by Crippen LogP contribution is -2.59. The predicted octanol–water partition coefficient (Wildman–Crippen LogP) is 2.07. The van der Waals surface area contributed by atoms with Gasteiger partial charge >= 0.3 is 0 Å². The van der Waals surface area contributed by atoms with Gasteiger partial charge in [0.05, 0.1) is 0 Å². The van der Waals surface area contributed by atoms with Gasteiger partial charge in [0, 0.05) is 0 Å². The molecule has 2 aromatic rings. The minimum atomic E-state index is -0.758. The van der Waals surface area contributed by atoms with Gasteiger partial charge in [0.25, 0.3) is 0 Å². The minimum Gasteiger partial charge on any atom is -0.491 e. The highest BCUT2D eigenvalue weighted by Gasteiger charge is 2.49. The minimum absolute atomic E-state index is 0.266. The van der Waals surface area contributed by atoms with Crippen LogP contribution in [-0.4, -0.2) is 25.1 Å². The van der Waals surface area contributed by atoms with Gasteiger partial charge in [-0.3, -0.25) is 4.79 Å². The number of hydrogen-bond donors (Lipinski definition) is 2. The van der Waals surface area contributed by atoms with E-state index in [1.165, 1.54) is 5.39 Å². The summed E-state index contributed by atoms with van der Waals surface area (Å²) < 4.78 is 5.87. The molecule has 1 aliphatic carbocycles. The van der Waals surface area contributed by atoms with Crippen LogP contribution in [0, 0.1) is 5.92 Å². The number of amides is 1. The second-order valence-electron chi connectivity index (χ2n) is 5.66. The molecule has 3 rings (SSSR count). The lowest BCUT2D eigenvalue weighted by Gasteiger charge is -2.30. The number of primary amides is 1. The lowest BCUT2D eigenvalue weighted by atomic mass is 9.93. The molecule has 2 aromatic carbocycles. The van der Waals surface area contributed by atoms with E-state index in [9.17, 15) is 4.79 Å². The summed E-state index contributed by atoms with van der Waals surface area (Å²) in [6.07, 6.45) is 2.04. The summed E-state index contributed by atoms with van der Waals surface area (Å²) in [6.45, 7) is 0.266. The van der Waals surface area contributed by atoms with Crippen molar-refractivity contribution in [3.05, 3.63) is 42.5 Å². The van der Waals surface area contributed by atoms with Crippen LogP contribution in [0.25, 0.3) is 10.8 Å². The molecule has 110 valence electrons. The largest absolute Gasteiger partial charge is 0.491 e. The number of nitrogens with two attached hydrogens (primary N) is 1. The molecule has 1 amide bonds. The number of ether oxygens (including phenoxy) is 1. The van der Waals surface area contributed by atoms with Gasteiger partial charge in [-0.2, -0.15) is 0 Å². The predicted molar refractivity (Wildman–Crippen MR) is 83.2 cm³/mol. The highest BCUT2D eigenvalue weighted by molar-refractivity contribution is 5.86. The molecule has 0 aliphatic heterocycles. The number of hydrogen-bond acceptors (Lipinski definition) is 3. The fraction of sp³-hybridized carbons (Fsp3) is 0.353. The van der Waals surface area contributed by atoms with Crippen LogP contribution in [0.15, 0.2) is 42.5 Å². The normalized spacial score (nSPS) is 17.4. The highest BCUT2D eigenvalue weighted by atomic mass is 16.5. The Bertz CT molecular complexity index is 667. The van der Waals surface area contributed by atoms with E-state index in [1.807, 2.05) is 36.4 Å². The SMILES string of the molecule is CNC(COc1ccc2ccccc2c1)(C(N)=O)C1CC1. The van der Waals surface area contributed by atoms with E-state index in [2.05, 4.69) is 11.4 Å². The Kier molecular flexibility index (Phi) is 3.55. The zero-order chi connectivity index (χ0) is 14.9. The fourth-order valence-corrected chi connectivity index (χ4v) is 2.82. The Labute approximate surface area is 124 Å². The quantitative estimate of drug-likeness (QED) is 0.853. The molecule has 0 spiro atoms. The number of benzene rings is 2. The molecule has 4 nitrogen and oxygen atoms in total. The molecular weight excluding hydrogens is 264 g/mol. The van der Waals surface area contributed by atoms with Crippen LogP contribution in [0.5, 0.6) is 5.75 Å².